The number of carbonyl (C=O) groups is 1. The summed E-state index contributed by atoms with van der Waals surface area (Å²) in [6.45, 7) is 0.466. The highest BCUT2D eigenvalue weighted by Crippen LogP contribution is 2.44. The van der Waals surface area contributed by atoms with E-state index >= 15 is 0 Å². The van der Waals surface area contributed by atoms with Crippen LogP contribution in [0.3, 0.4) is 0 Å². The van der Waals surface area contributed by atoms with Crippen LogP contribution in [0.4, 0.5) is 0 Å². The van der Waals surface area contributed by atoms with E-state index in [1.54, 1.807) is 7.11 Å². The summed E-state index contributed by atoms with van der Waals surface area (Å²) in [5.41, 5.74) is 2.80. The number of methoxy groups -OCH3 is 1. The largest absolute Gasteiger partial charge is 0.496 e. The van der Waals surface area contributed by atoms with E-state index in [0.29, 0.717) is 6.54 Å². The minimum absolute atomic E-state index is 0.0181. The number of fused-ring (bicyclic) bond motifs is 2. The van der Waals surface area contributed by atoms with E-state index in [-0.39, 0.29) is 11.9 Å². The molecule has 3 aromatic carbocycles. The highest BCUT2D eigenvalue weighted by atomic mass is 16.5. The predicted octanol–water partition coefficient (Wildman–Crippen LogP) is 4.35. The summed E-state index contributed by atoms with van der Waals surface area (Å²) < 4.78 is 11.6. The van der Waals surface area contributed by atoms with Gasteiger partial charge in [0, 0.05) is 23.2 Å². The number of nitrogens with zero attached hydrogens (tertiary/aromatic N) is 1. The average Bonchev–Trinajstić information content (AvgIpc) is 2.77. The Morgan fingerprint density at radius 2 is 1.53 bits per heavy atom. The van der Waals surface area contributed by atoms with Crippen LogP contribution in [0, 0.1) is 0 Å². The molecule has 0 aliphatic carbocycles. The van der Waals surface area contributed by atoms with Crippen LogP contribution in [-0.4, -0.2) is 38.6 Å². The van der Waals surface area contributed by atoms with Crippen molar-refractivity contribution in [3.05, 3.63) is 89.5 Å². The summed E-state index contributed by atoms with van der Waals surface area (Å²) in [4.78, 5) is 15.5. The number of carbonyl (C=O) groups excluding carboxylic acids is 1. The van der Waals surface area contributed by atoms with Gasteiger partial charge in [0.15, 0.2) is 0 Å². The number of likely N-dealkylation sites (N-methyl/N-ethyl adjacent to an activating group) is 1. The summed E-state index contributed by atoms with van der Waals surface area (Å²) in [5, 5.41) is 3.17. The Kier molecular flexibility index (Phi) is 5.72. The zero-order chi connectivity index (χ0) is 21.1. The van der Waals surface area contributed by atoms with E-state index in [4.69, 9.17) is 9.47 Å². The maximum Gasteiger partial charge on any atom is 0.232 e. The Morgan fingerprint density at radius 1 is 0.967 bits per heavy atom. The van der Waals surface area contributed by atoms with Crippen molar-refractivity contribution in [1.29, 1.82) is 0 Å². The molecule has 0 spiro atoms. The Labute approximate surface area is 177 Å². The summed E-state index contributed by atoms with van der Waals surface area (Å²) in [6, 6.07) is 23.3. The van der Waals surface area contributed by atoms with E-state index in [2.05, 4.69) is 10.2 Å². The van der Waals surface area contributed by atoms with Crippen molar-refractivity contribution in [1.82, 2.24) is 10.2 Å². The first-order valence-electron chi connectivity index (χ1n) is 10.0. The number of hydrogen-bond donors (Lipinski definition) is 1. The van der Waals surface area contributed by atoms with E-state index in [1.165, 1.54) is 0 Å². The van der Waals surface area contributed by atoms with E-state index < -0.39 is 5.92 Å². The number of amides is 1. The minimum Gasteiger partial charge on any atom is -0.496 e. The van der Waals surface area contributed by atoms with Crippen molar-refractivity contribution in [2.75, 3.05) is 27.7 Å². The molecule has 0 bridgehead atoms. The Hall–Kier alpha value is -3.31. The van der Waals surface area contributed by atoms with E-state index in [1.807, 2.05) is 86.9 Å². The first kappa shape index (κ1) is 20.0. The molecule has 0 fully saturated rings. The molecule has 1 aliphatic heterocycles. The smallest absolute Gasteiger partial charge is 0.232 e. The molecular formula is C25H26N2O3. The molecule has 30 heavy (non-hydrogen) atoms. The molecule has 3 aromatic rings. The van der Waals surface area contributed by atoms with Crippen LogP contribution in [0.5, 0.6) is 17.2 Å². The third-order valence-electron chi connectivity index (χ3n) is 5.53. The Balaban J connectivity index is 1.61. The van der Waals surface area contributed by atoms with Gasteiger partial charge < -0.3 is 19.7 Å². The van der Waals surface area contributed by atoms with Gasteiger partial charge in [0.05, 0.1) is 19.1 Å². The quantitative estimate of drug-likeness (QED) is 0.666. The Bertz CT molecular complexity index is 1000. The zero-order valence-electron chi connectivity index (χ0n) is 17.5. The molecule has 0 radical (unpaired) electrons. The molecule has 1 aliphatic rings. The fraction of sp³-hybridized carbons (Fsp3) is 0.240. The number of ether oxygens (including phenoxy) is 2. The maximum atomic E-state index is 13.4. The number of para-hydroxylation sites is 3. The third kappa shape index (κ3) is 3.76. The van der Waals surface area contributed by atoms with Gasteiger partial charge in [0.1, 0.15) is 17.2 Å². The van der Waals surface area contributed by atoms with Crippen LogP contribution in [-0.2, 0) is 4.79 Å². The maximum absolute atomic E-state index is 13.4. The fourth-order valence-electron chi connectivity index (χ4n) is 4.00. The van der Waals surface area contributed by atoms with Crippen molar-refractivity contribution < 1.29 is 14.3 Å². The first-order chi connectivity index (χ1) is 14.6. The van der Waals surface area contributed by atoms with Gasteiger partial charge in [0.2, 0.25) is 5.91 Å². The SMILES string of the molecule is COc1ccccc1[C@@H](CNC(=O)C1c2ccccc2Oc2ccccc21)N(C)C. The molecule has 154 valence electrons. The predicted molar refractivity (Wildman–Crippen MR) is 117 cm³/mol. The lowest BCUT2D eigenvalue weighted by atomic mass is 9.87. The van der Waals surface area contributed by atoms with Crippen molar-refractivity contribution in [3.63, 3.8) is 0 Å². The topological polar surface area (TPSA) is 50.8 Å². The molecule has 0 saturated heterocycles. The van der Waals surface area contributed by atoms with Gasteiger partial charge in [-0.05, 0) is 32.3 Å². The van der Waals surface area contributed by atoms with Gasteiger partial charge >= 0.3 is 0 Å². The van der Waals surface area contributed by atoms with Gasteiger partial charge in [0.25, 0.3) is 0 Å². The molecule has 1 N–H and O–H groups in total. The van der Waals surface area contributed by atoms with Crippen molar-refractivity contribution >= 4 is 5.91 Å². The molecule has 5 nitrogen and oxygen atoms in total. The molecule has 1 amide bonds. The van der Waals surface area contributed by atoms with Crippen molar-refractivity contribution in [3.8, 4) is 17.2 Å². The summed E-state index contributed by atoms with van der Waals surface area (Å²) >= 11 is 0. The van der Waals surface area contributed by atoms with Gasteiger partial charge in [-0.2, -0.15) is 0 Å². The second-order valence-electron chi connectivity index (χ2n) is 7.58. The lowest BCUT2D eigenvalue weighted by Gasteiger charge is -2.30. The van der Waals surface area contributed by atoms with Crippen LogP contribution in [0.25, 0.3) is 0 Å². The lowest BCUT2D eigenvalue weighted by Crippen LogP contribution is -2.38. The van der Waals surface area contributed by atoms with E-state index in [0.717, 1.165) is 33.9 Å². The molecule has 0 saturated carbocycles. The second kappa shape index (κ2) is 8.59. The van der Waals surface area contributed by atoms with Gasteiger partial charge in [-0.25, -0.2) is 0 Å². The minimum atomic E-state index is -0.411. The standard InChI is InChI=1S/C25H26N2O3/c1-27(2)20(17-10-4-7-13-21(17)29-3)16-26-25(28)24-18-11-5-8-14-22(18)30-23-15-9-6-12-19(23)24/h4-15,20,24H,16H2,1-3H3,(H,26,28)/t20-/m1/s1. The van der Waals surface area contributed by atoms with Crippen LogP contribution in [0.2, 0.25) is 0 Å². The van der Waals surface area contributed by atoms with Crippen molar-refractivity contribution in [2.24, 2.45) is 0 Å². The molecule has 0 aromatic heterocycles. The highest BCUT2D eigenvalue weighted by Gasteiger charge is 2.32. The summed E-state index contributed by atoms with van der Waals surface area (Å²) in [5.74, 6) is 1.81. The van der Waals surface area contributed by atoms with Gasteiger partial charge in [-0.3, -0.25) is 4.79 Å². The molecule has 0 unspecified atom stereocenters. The third-order valence-corrected chi connectivity index (χ3v) is 5.53. The summed E-state index contributed by atoms with van der Waals surface area (Å²) in [6.07, 6.45) is 0. The first-order valence-corrected chi connectivity index (χ1v) is 10.0. The average molecular weight is 402 g/mol. The van der Waals surface area contributed by atoms with Gasteiger partial charge in [-0.15, -0.1) is 0 Å². The van der Waals surface area contributed by atoms with E-state index in [9.17, 15) is 4.79 Å². The van der Waals surface area contributed by atoms with Crippen LogP contribution >= 0.6 is 0 Å². The normalized spacial score (nSPS) is 13.7. The monoisotopic (exact) mass is 402 g/mol. The molecular weight excluding hydrogens is 376 g/mol. The Morgan fingerprint density at radius 3 is 2.13 bits per heavy atom. The van der Waals surface area contributed by atoms with Gasteiger partial charge in [-0.1, -0.05) is 54.6 Å². The summed E-state index contributed by atoms with van der Waals surface area (Å²) in [7, 11) is 5.67. The molecule has 4 rings (SSSR count). The van der Waals surface area contributed by atoms with Crippen molar-refractivity contribution in [2.45, 2.75) is 12.0 Å². The van der Waals surface area contributed by atoms with Crippen LogP contribution in [0.1, 0.15) is 28.7 Å². The lowest BCUT2D eigenvalue weighted by molar-refractivity contribution is -0.122. The molecule has 1 atom stereocenters. The number of nitrogens with one attached hydrogen (secondary N) is 1. The number of benzene rings is 3. The van der Waals surface area contributed by atoms with Crippen LogP contribution in [0.15, 0.2) is 72.8 Å². The second-order valence-corrected chi connectivity index (χ2v) is 7.58. The fourth-order valence-corrected chi connectivity index (χ4v) is 4.00. The number of hydrogen-bond acceptors (Lipinski definition) is 4. The molecule has 1 heterocycles. The number of rotatable bonds is 6. The van der Waals surface area contributed by atoms with Crippen LogP contribution < -0.4 is 14.8 Å². The zero-order valence-corrected chi connectivity index (χ0v) is 17.5. The molecule has 5 heteroatoms. The highest BCUT2D eigenvalue weighted by molar-refractivity contribution is 5.89.